The van der Waals surface area contributed by atoms with Crippen LogP contribution in [0.25, 0.3) is 0 Å². The van der Waals surface area contributed by atoms with Crippen molar-refractivity contribution in [3.05, 3.63) is 6.42 Å². The zero-order valence-corrected chi connectivity index (χ0v) is 47.8. The quantitative estimate of drug-likeness (QED) is 0.202. The highest BCUT2D eigenvalue weighted by atomic mass is 80.0. The fraction of sp³-hybridized carbons (Fsp3) is 0.917. The van der Waals surface area contributed by atoms with E-state index in [9.17, 15) is 0 Å². The molecule has 0 nitrogen and oxygen atoms in total. The predicted molar refractivity (Wildman–Crippen MR) is 225 cm³/mol. The molecule has 0 aromatic rings. The number of hydrogen-bond acceptors (Lipinski definition) is 0. The van der Waals surface area contributed by atoms with E-state index in [4.69, 9.17) is 0 Å². The van der Waals surface area contributed by atoms with Crippen molar-refractivity contribution in [1.82, 2.24) is 0 Å². The lowest BCUT2D eigenvalue weighted by Gasteiger charge is -2.59. The Balaban J connectivity index is 7.03. The van der Waals surface area contributed by atoms with E-state index < -0.39 is 31.2 Å². The van der Waals surface area contributed by atoms with E-state index in [-0.39, 0.29) is 0 Å². The summed E-state index contributed by atoms with van der Waals surface area (Å²) >= 11 is 79.9. The van der Waals surface area contributed by atoms with E-state index in [0.29, 0.717) is 0 Å². The van der Waals surface area contributed by atoms with Gasteiger partial charge in [-0.3, -0.25) is 0 Å². The standard InChI is InChI=1S/C12H4Br21/c1-2-3(13,14)4(15,16)5(17,18)6(19,20)7(21,22)8(23,24)9(25,26)10(27,28)11(29,30)12(31,32)33/h2H,1H3. The van der Waals surface area contributed by atoms with Crippen LogP contribution in [0.3, 0.4) is 0 Å². The van der Waals surface area contributed by atoms with Gasteiger partial charge < -0.3 is 0 Å². The average molecular weight is 1830 g/mol. The van der Waals surface area contributed by atoms with Crippen LogP contribution in [0.15, 0.2) is 0 Å². The molecule has 0 N–H and O–H groups in total. The van der Waals surface area contributed by atoms with Crippen molar-refractivity contribution in [1.29, 1.82) is 0 Å². The van der Waals surface area contributed by atoms with Crippen molar-refractivity contribution in [2.24, 2.45) is 0 Å². The van der Waals surface area contributed by atoms with Gasteiger partial charge in [-0.15, -0.1) is 0 Å². The van der Waals surface area contributed by atoms with Gasteiger partial charge in [-0.1, -0.05) is 341 Å². The molecule has 0 saturated carbocycles. The fourth-order valence-electron chi connectivity index (χ4n) is 1.75. The van der Waals surface area contributed by atoms with Crippen LogP contribution >= 0.6 is 335 Å². The Kier molecular flexibility index (Phi) is 18.3. The van der Waals surface area contributed by atoms with Crippen molar-refractivity contribution in [3.8, 4) is 0 Å². The van der Waals surface area contributed by atoms with Crippen LogP contribution in [-0.4, -0.2) is 31.2 Å². The van der Waals surface area contributed by atoms with E-state index in [1.54, 1.807) is 0 Å². The molecule has 0 aromatic heterocycles. The second-order valence-corrected chi connectivity index (χ2v) is 43.9. The Morgan fingerprint density at radius 3 is 0.667 bits per heavy atom. The van der Waals surface area contributed by atoms with Gasteiger partial charge in [0, 0.05) is 0 Å². The van der Waals surface area contributed by atoms with Crippen molar-refractivity contribution in [3.63, 3.8) is 0 Å². The SMILES string of the molecule is C[CH]C(Br)(Br)C(Br)(Br)C(Br)(Br)C(Br)(Br)C(Br)(Br)C(Br)(Br)C(Br)(Br)C(Br)(Br)C(Br)(Br)C(Br)(Br)Br. The summed E-state index contributed by atoms with van der Waals surface area (Å²) in [4.78, 5) is 0. The highest BCUT2D eigenvalue weighted by Gasteiger charge is 2.79. The predicted octanol–water partition coefficient (Wildman–Crippen LogP) is 16.4. The molecule has 33 heavy (non-hydrogen) atoms. The van der Waals surface area contributed by atoms with Crippen molar-refractivity contribution in [2.75, 3.05) is 0 Å². The van der Waals surface area contributed by atoms with Gasteiger partial charge in [0.15, 0.2) is 2.14 Å². The summed E-state index contributed by atoms with van der Waals surface area (Å²) < 4.78 is -9.55. The highest BCUT2D eigenvalue weighted by molar-refractivity contribution is 9.42. The monoisotopic (exact) mass is 1810 g/mol. The van der Waals surface area contributed by atoms with Gasteiger partial charge in [-0.2, -0.15) is 0 Å². The maximum Gasteiger partial charge on any atom is 0.162 e. The molecule has 0 saturated heterocycles. The molecular weight excluding hydrogens is 1820 g/mol. The molecule has 0 fully saturated rings. The first kappa shape index (κ1) is 43.1. The van der Waals surface area contributed by atoms with E-state index in [1.165, 1.54) is 0 Å². The minimum atomic E-state index is -1.08. The Morgan fingerprint density at radius 1 is 0.303 bits per heavy atom. The number of halogens is 21. The summed E-state index contributed by atoms with van der Waals surface area (Å²) in [6.45, 7) is 1.92. The Bertz CT molecular complexity index is 709. The Hall–Kier alpha value is 10.1. The lowest BCUT2D eigenvalue weighted by molar-refractivity contribution is 0.562. The number of hydrogen-bond donors (Lipinski definition) is 0. The molecular formula is C12H4Br21. The molecule has 0 bridgehead atoms. The normalized spacial score (nSPS) is 16.9. The molecule has 199 valence electrons. The summed E-state index contributed by atoms with van der Waals surface area (Å²) in [5, 5.41) is 0. The van der Waals surface area contributed by atoms with E-state index in [2.05, 4.69) is 335 Å². The van der Waals surface area contributed by atoms with Crippen LogP contribution in [-0.2, 0) is 0 Å². The van der Waals surface area contributed by atoms with Crippen LogP contribution in [0, 0.1) is 6.42 Å². The molecule has 1 radical (unpaired) electrons. The Labute approximate surface area is 370 Å². The van der Waals surface area contributed by atoms with Gasteiger partial charge in [-0.25, -0.2) is 0 Å². The number of rotatable bonds is 9. The first-order chi connectivity index (χ1) is 13.8. The maximum atomic E-state index is 3.91. The lowest BCUT2D eigenvalue weighted by Crippen LogP contribution is -2.70. The molecule has 0 atom stereocenters. The van der Waals surface area contributed by atoms with E-state index in [1.807, 2.05) is 13.3 Å². The van der Waals surface area contributed by atoms with Gasteiger partial charge >= 0.3 is 0 Å². The smallest absolute Gasteiger partial charge is 0.0698 e. The minimum absolute atomic E-state index is 0.707. The highest BCUT2D eigenvalue weighted by Crippen LogP contribution is 2.80. The maximum absolute atomic E-state index is 3.91. The molecule has 0 aliphatic rings. The second kappa shape index (κ2) is 14.1. The lowest BCUT2D eigenvalue weighted by atomic mass is 10.0. The third kappa shape index (κ3) is 7.64. The molecule has 0 spiro atoms. The zero-order valence-electron chi connectivity index (χ0n) is 14.5. The first-order valence-corrected chi connectivity index (χ1v) is 23.7. The molecule has 0 rings (SSSR count). The molecule has 0 heterocycles. The van der Waals surface area contributed by atoms with Crippen LogP contribution in [0.4, 0.5) is 0 Å². The van der Waals surface area contributed by atoms with Crippen molar-refractivity contribution >= 4 is 335 Å². The topological polar surface area (TPSA) is 0 Å². The summed E-state index contributed by atoms with van der Waals surface area (Å²) in [6, 6.07) is 0. The average Bonchev–Trinajstić information content (AvgIpc) is 2.59. The second-order valence-electron chi connectivity index (χ2n) is 6.00. The van der Waals surface area contributed by atoms with E-state index in [0.717, 1.165) is 0 Å². The largest absolute Gasteiger partial charge is 0.162 e. The summed E-state index contributed by atoms with van der Waals surface area (Å²) in [5.41, 5.74) is 0. The fourth-order valence-corrected chi connectivity index (χ4v) is 21.1. The summed E-state index contributed by atoms with van der Waals surface area (Å²) in [7, 11) is 0. The van der Waals surface area contributed by atoms with Gasteiger partial charge in [0.25, 0.3) is 0 Å². The molecule has 0 aliphatic heterocycles. The molecule has 21 heteroatoms. The van der Waals surface area contributed by atoms with Crippen LogP contribution < -0.4 is 0 Å². The third-order valence-corrected chi connectivity index (χ3v) is 47.1. The minimum Gasteiger partial charge on any atom is -0.0698 e. The summed E-state index contributed by atoms with van der Waals surface area (Å²) in [6.07, 6.45) is 1.94. The number of alkyl halides is 21. The van der Waals surface area contributed by atoms with Crippen LogP contribution in [0.2, 0.25) is 0 Å². The first-order valence-electron chi connectivity index (χ1n) is 7.08. The van der Waals surface area contributed by atoms with E-state index >= 15 is 0 Å². The van der Waals surface area contributed by atoms with Crippen molar-refractivity contribution in [2.45, 2.75) is 38.2 Å². The van der Waals surface area contributed by atoms with Crippen LogP contribution in [0.1, 0.15) is 6.92 Å². The zero-order chi connectivity index (χ0) is 27.7. The molecule has 0 aromatic carbocycles. The van der Waals surface area contributed by atoms with Crippen LogP contribution in [0.5, 0.6) is 0 Å². The van der Waals surface area contributed by atoms with Gasteiger partial charge in [0.1, 0.15) is 29.1 Å². The third-order valence-electron chi connectivity index (χ3n) is 3.90. The molecule has 0 unspecified atom stereocenters. The van der Waals surface area contributed by atoms with Gasteiger partial charge in [0.2, 0.25) is 0 Å². The van der Waals surface area contributed by atoms with Crippen molar-refractivity contribution < 1.29 is 0 Å². The van der Waals surface area contributed by atoms with Gasteiger partial charge in [0.05, 0.1) is 0 Å². The molecule has 0 aliphatic carbocycles. The summed E-state index contributed by atoms with van der Waals surface area (Å²) in [5.74, 6) is 0. The molecule has 0 amide bonds. The Morgan fingerprint density at radius 2 is 0.485 bits per heavy atom. The van der Waals surface area contributed by atoms with Gasteiger partial charge in [-0.05, 0) is 6.42 Å².